The quantitative estimate of drug-likeness (QED) is 0.153. The molecular formula is C56H96N4O6. The maximum Gasteiger partial charge on any atom is 0.249 e. The largest absolute Gasteiger partial charge is 0.362 e. The topological polar surface area (TPSA) is 99.7 Å². The van der Waals surface area contributed by atoms with Crippen molar-refractivity contribution >= 4 is 23.6 Å². The highest BCUT2D eigenvalue weighted by molar-refractivity contribution is 5.81. The second-order valence-corrected chi connectivity index (χ2v) is 22.5. The summed E-state index contributed by atoms with van der Waals surface area (Å²) in [4.78, 5) is 62.3. The van der Waals surface area contributed by atoms with Gasteiger partial charge in [-0.3, -0.25) is 19.2 Å². The lowest BCUT2D eigenvalue weighted by molar-refractivity contribution is -0.150. The van der Waals surface area contributed by atoms with Gasteiger partial charge in [0, 0.05) is 48.3 Å². The van der Waals surface area contributed by atoms with E-state index in [1.807, 2.05) is 0 Å². The molecule has 4 amide bonds. The van der Waals surface area contributed by atoms with Gasteiger partial charge in [0.1, 0.15) is 26.4 Å². The van der Waals surface area contributed by atoms with E-state index in [2.05, 4.69) is 19.6 Å². The van der Waals surface area contributed by atoms with Gasteiger partial charge in [0.2, 0.25) is 23.6 Å². The molecule has 8 fully saturated rings. The zero-order valence-electron chi connectivity index (χ0n) is 42.0. The van der Waals surface area contributed by atoms with Gasteiger partial charge in [0.15, 0.2) is 0 Å². The first-order valence-electron chi connectivity index (χ1n) is 28.9. The minimum absolute atomic E-state index is 0.0713. The van der Waals surface area contributed by atoms with Gasteiger partial charge < -0.3 is 29.1 Å². The number of hydrogen-bond donors (Lipinski definition) is 0. The van der Waals surface area contributed by atoms with E-state index < -0.39 is 0 Å². The molecule has 8 aliphatic carbocycles. The van der Waals surface area contributed by atoms with E-state index in [-0.39, 0.29) is 50.1 Å². The summed E-state index contributed by atoms with van der Waals surface area (Å²) in [5.74, 6) is 0.513. The van der Waals surface area contributed by atoms with Crippen LogP contribution in [-0.4, -0.2) is 118 Å². The van der Waals surface area contributed by atoms with Crippen molar-refractivity contribution in [3.63, 3.8) is 0 Å². The van der Waals surface area contributed by atoms with E-state index in [0.717, 1.165) is 103 Å². The predicted octanol–water partition coefficient (Wildman–Crippen LogP) is 12.0. The van der Waals surface area contributed by atoms with Gasteiger partial charge in [-0.25, -0.2) is 0 Å². The molecule has 0 heterocycles. The normalized spacial score (nSPS) is 24.5. The van der Waals surface area contributed by atoms with Crippen LogP contribution in [0.1, 0.15) is 257 Å². The molecular weight excluding hydrogens is 825 g/mol. The summed E-state index contributed by atoms with van der Waals surface area (Å²) < 4.78 is 11.8. The lowest BCUT2D eigenvalue weighted by atomic mass is 9.88. The van der Waals surface area contributed by atoms with Crippen LogP contribution in [0.15, 0.2) is 0 Å². The van der Waals surface area contributed by atoms with E-state index in [9.17, 15) is 19.2 Å². The van der Waals surface area contributed by atoms with Crippen molar-refractivity contribution in [3.8, 4) is 0 Å². The summed E-state index contributed by atoms with van der Waals surface area (Å²) in [6.45, 7) is 0.285. The average molecular weight is 921 g/mol. The highest BCUT2D eigenvalue weighted by Gasteiger charge is 2.37. The maximum atomic E-state index is 13.4. The summed E-state index contributed by atoms with van der Waals surface area (Å²) in [5.41, 5.74) is 0. The average Bonchev–Trinajstić information content (AvgIpc) is 3.37. The fourth-order valence-corrected chi connectivity index (χ4v) is 14.4. The Morgan fingerprint density at radius 1 is 0.227 bits per heavy atom. The predicted molar refractivity (Wildman–Crippen MR) is 264 cm³/mol. The number of nitrogens with zero attached hydrogens (tertiary/aromatic N) is 4. The lowest BCUT2D eigenvalue weighted by Crippen LogP contribution is -2.51. The fourth-order valence-electron chi connectivity index (χ4n) is 14.4. The van der Waals surface area contributed by atoms with Gasteiger partial charge in [0.25, 0.3) is 0 Å². The van der Waals surface area contributed by atoms with Gasteiger partial charge in [-0.15, -0.1) is 0 Å². The van der Waals surface area contributed by atoms with E-state index in [4.69, 9.17) is 9.47 Å². The van der Waals surface area contributed by atoms with Crippen molar-refractivity contribution in [2.24, 2.45) is 0 Å². The monoisotopic (exact) mass is 921 g/mol. The molecule has 376 valence electrons. The Bertz CT molecular complexity index is 1130. The second kappa shape index (κ2) is 28.5. The number of carbonyl (C=O) groups excluding carboxylic acids is 4. The lowest BCUT2D eigenvalue weighted by Gasteiger charge is -2.42. The van der Waals surface area contributed by atoms with Crippen LogP contribution in [0, 0.1) is 0 Å². The molecule has 0 N–H and O–H groups in total. The van der Waals surface area contributed by atoms with Crippen molar-refractivity contribution in [1.29, 1.82) is 0 Å². The SMILES string of the molecule is O=C(COCC(=O)N(C1CCCCC1)C1CCCCC1)N(C1CCCCC1)C1CCCCC1.O=C(COCC(=O)N(C1CCCCC1)C1CCCCC1)N(C1CCCCC1)C1CCCCC1. The summed E-state index contributed by atoms with van der Waals surface area (Å²) >= 11 is 0. The Labute approximate surface area is 402 Å². The zero-order chi connectivity index (χ0) is 45.8. The molecule has 0 aromatic heterocycles. The van der Waals surface area contributed by atoms with Crippen molar-refractivity contribution in [2.75, 3.05) is 26.4 Å². The van der Waals surface area contributed by atoms with Crippen molar-refractivity contribution in [1.82, 2.24) is 19.6 Å². The van der Waals surface area contributed by atoms with Crippen LogP contribution in [0.2, 0.25) is 0 Å². The van der Waals surface area contributed by atoms with E-state index >= 15 is 0 Å². The number of rotatable bonds is 16. The minimum atomic E-state index is 0.0713. The van der Waals surface area contributed by atoms with Crippen LogP contribution in [0.4, 0.5) is 0 Å². The molecule has 8 rings (SSSR count). The third kappa shape index (κ3) is 15.4. The molecule has 8 saturated carbocycles. The van der Waals surface area contributed by atoms with E-state index in [0.29, 0.717) is 48.3 Å². The molecule has 8 aliphatic rings. The van der Waals surface area contributed by atoms with Crippen molar-refractivity contribution < 1.29 is 28.7 Å². The van der Waals surface area contributed by atoms with E-state index in [1.54, 1.807) is 0 Å². The number of carbonyl (C=O) groups is 4. The first-order valence-corrected chi connectivity index (χ1v) is 28.9. The van der Waals surface area contributed by atoms with Gasteiger partial charge in [-0.1, -0.05) is 154 Å². The third-order valence-corrected chi connectivity index (χ3v) is 17.8. The molecule has 0 saturated heterocycles. The molecule has 66 heavy (non-hydrogen) atoms. The number of amides is 4. The van der Waals surface area contributed by atoms with Crippen LogP contribution in [0.5, 0.6) is 0 Å². The molecule has 0 aromatic carbocycles. The van der Waals surface area contributed by atoms with Crippen LogP contribution >= 0.6 is 0 Å². The Hall–Kier alpha value is -2.20. The van der Waals surface area contributed by atoms with E-state index in [1.165, 1.54) is 154 Å². The highest BCUT2D eigenvalue weighted by Crippen LogP contribution is 2.35. The molecule has 0 aliphatic heterocycles. The molecule has 0 spiro atoms. The Balaban J connectivity index is 0.000000196. The third-order valence-electron chi connectivity index (χ3n) is 17.8. The van der Waals surface area contributed by atoms with Crippen LogP contribution in [0.25, 0.3) is 0 Å². The Kier molecular flexibility index (Phi) is 22.3. The molecule has 0 radical (unpaired) electrons. The van der Waals surface area contributed by atoms with Gasteiger partial charge in [-0.05, 0) is 103 Å². The minimum Gasteiger partial charge on any atom is -0.362 e. The first-order chi connectivity index (χ1) is 32.5. The number of hydrogen-bond acceptors (Lipinski definition) is 6. The molecule has 0 aromatic rings. The summed E-state index contributed by atoms with van der Waals surface area (Å²) in [7, 11) is 0. The van der Waals surface area contributed by atoms with Crippen LogP contribution in [-0.2, 0) is 28.7 Å². The summed E-state index contributed by atoms with van der Waals surface area (Å²) in [6.07, 6.45) is 48.3. The molecule has 10 nitrogen and oxygen atoms in total. The molecule has 0 unspecified atom stereocenters. The Morgan fingerprint density at radius 2 is 0.348 bits per heavy atom. The van der Waals surface area contributed by atoms with Gasteiger partial charge in [0.05, 0.1) is 0 Å². The van der Waals surface area contributed by atoms with Crippen LogP contribution < -0.4 is 0 Å². The highest BCUT2D eigenvalue weighted by atomic mass is 16.5. The van der Waals surface area contributed by atoms with Gasteiger partial charge in [-0.2, -0.15) is 0 Å². The first kappa shape index (κ1) is 51.6. The van der Waals surface area contributed by atoms with Gasteiger partial charge >= 0.3 is 0 Å². The second-order valence-electron chi connectivity index (χ2n) is 22.5. The molecule has 10 heteroatoms. The summed E-state index contributed by atoms with van der Waals surface area (Å²) in [5, 5.41) is 0. The van der Waals surface area contributed by atoms with Crippen LogP contribution in [0.3, 0.4) is 0 Å². The molecule has 0 atom stereocenters. The zero-order valence-corrected chi connectivity index (χ0v) is 42.0. The fraction of sp³-hybridized carbons (Fsp3) is 0.929. The molecule has 0 bridgehead atoms. The smallest absolute Gasteiger partial charge is 0.249 e. The van der Waals surface area contributed by atoms with Crippen molar-refractivity contribution in [3.05, 3.63) is 0 Å². The Morgan fingerprint density at radius 3 is 0.470 bits per heavy atom. The van der Waals surface area contributed by atoms with Crippen molar-refractivity contribution in [2.45, 2.75) is 305 Å². The number of ether oxygens (including phenoxy) is 2. The maximum absolute atomic E-state index is 13.4. The summed E-state index contributed by atoms with van der Waals surface area (Å²) in [6, 6.07) is 3.07. The standard InChI is InChI=1S/2C28H48N2O3/c2*31-27(29(23-13-5-1-6-14-23)24-15-7-2-8-16-24)21-33-22-28(32)30(25-17-9-3-10-18-25)26-19-11-4-12-20-26/h2*23-26H,1-22H2.